The van der Waals surface area contributed by atoms with E-state index in [-0.39, 0.29) is 6.09 Å². The van der Waals surface area contributed by atoms with Crippen molar-refractivity contribution in [1.29, 1.82) is 0 Å². The molecule has 1 aromatic heterocycles. The van der Waals surface area contributed by atoms with E-state index in [9.17, 15) is 19.5 Å². The summed E-state index contributed by atoms with van der Waals surface area (Å²) in [6.07, 6.45) is 10.7. The van der Waals surface area contributed by atoms with E-state index in [0.29, 0.717) is 24.7 Å². The number of nitrogens with zero attached hydrogens (tertiary/aromatic N) is 1. The molecule has 0 saturated carbocycles. The molecular weight excluding hydrogens is 366 g/mol. The molecule has 28 heavy (non-hydrogen) atoms. The second-order valence-corrected chi connectivity index (χ2v) is 6.19. The number of aryl methyl sites for hydroxylation is 1. The number of amides is 1. The monoisotopic (exact) mass is 397 g/mol. The molecule has 1 aromatic rings. The number of ether oxygens (including phenoxy) is 1. The average molecular weight is 397 g/mol. The summed E-state index contributed by atoms with van der Waals surface area (Å²) in [7, 11) is 0. The molecule has 0 radical (unpaired) electrons. The number of quaternary nitrogens is 1. The highest BCUT2D eigenvalue weighted by Gasteiger charge is 2.13. The minimum Gasteiger partial charge on any atom is -0.545 e. The Bertz CT molecular complexity index is 570. The quantitative estimate of drug-likeness (QED) is 0.346. The van der Waals surface area contributed by atoms with Gasteiger partial charge in [-0.1, -0.05) is 26.7 Å². The fraction of sp³-hybridized carbons (Fsp3) is 0.579. The van der Waals surface area contributed by atoms with E-state index in [0.717, 1.165) is 31.5 Å². The molecule has 1 unspecified atom stereocenters. The van der Waals surface area contributed by atoms with Crippen LogP contribution in [0.25, 0.3) is 0 Å². The van der Waals surface area contributed by atoms with Crippen molar-refractivity contribution < 1.29 is 34.7 Å². The van der Waals surface area contributed by atoms with Crippen LogP contribution in [0.4, 0.5) is 4.79 Å². The third-order valence-electron chi connectivity index (χ3n) is 3.91. The molecule has 1 atom stereocenters. The number of nitrogens with two attached hydrogens (primary N) is 1. The Kier molecular flexibility index (Phi) is 14.9. The van der Waals surface area contributed by atoms with Gasteiger partial charge in [0.15, 0.2) is 0 Å². The Morgan fingerprint density at radius 1 is 1.32 bits per heavy atom. The predicted octanol–water partition coefficient (Wildman–Crippen LogP) is 0.636. The van der Waals surface area contributed by atoms with Gasteiger partial charge in [-0.3, -0.25) is 0 Å². The number of hydrogen-bond donors (Lipinski definition) is 3. The lowest BCUT2D eigenvalue weighted by Crippen LogP contribution is -2.89. The molecule has 0 aliphatic heterocycles. The molecule has 9 nitrogen and oxygen atoms in total. The van der Waals surface area contributed by atoms with Gasteiger partial charge >= 0.3 is 12.1 Å². The zero-order valence-corrected chi connectivity index (χ0v) is 16.6. The summed E-state index contributed by atoms with van der Waals surface area (Å²) in [4.78, 5) is 37.6. The molecule has 9 heteroatoms. The number of unbranched alkanes of at least 4 members (excludes halogenated alkanes) is 1. The van der Waals surface area contributed by atoms with Gasteiger partial charge in [0.1, 0.15) is 0 Å². The van der Waals surface area contributed by atoms with Crippen LogP contribution < -0.4 is 10.4 Å². The summed E-state index contributed by atoms with van der Waals surface area (Å²) in [5, 5.41) is 18.9. The van der Waals surface area contributed by atoms with Crippen LogP contribution in [-0.2, 0) is 20.7 Å². The number of imidazole rings is 1. The second-order valence-electron chi connectivity index (χ2n) is 6.19. The van der Waals surface area contributed by atoms with Crippen LogP contribution in [0.5, 0.6) is 0 Å². The van der Waals surface area contributed by atoms with E-state index in [2.05, 4.69) is 23.8 Å². The molecule has 0 aromatic carbocycles. The zero-order valence-electron chi connectivity index (χ0n) is 16.6. The van der Waals surface area contributed by atoms with Crippen LogP contribution in [0, 0.1) is 5.92 Å². The molecule has 0 saturated heterocycles. The Labute approximate surface area is 165 Å². The van der Waals surface area contributed by atoms with E-state index < -0.39 is 11.9 Å². The number of carbonyl (C=O) groups is 3. The Balaban J connectivity index is 0.000000769. The third kappa shape index (κ3) is 15.6. The Morgan fingerprint density at radius 3 is 2.57 bits per heavy atom. The van der Waals surface area contributed by atoms with Gasteiger partial charge in [-0.05, 0) is 31.8 Å². The van der Waals surface area contributed by atoms with Crippen LogP contribution in [0.2, 0.25) is 0 Å². The first-order valence-corrected chi connectivity index (χ1v) is 9.48. The number of carbonyl (C=O) groups excluding carboxylic acids is 2. The Hall–Kier alpha value is -2.68. The maximum absolute atomic E-state index is 11.6. The van der Waals surface area contributed by atoms with Crippen molar-refractivity contribution in [3.05, 3.63) is 30.4 Å². The number of rotatable bonds is 12. The molecule has 0 aliphatic rings. The number of carboxylic acid groups (broad SMARTS) is 2. The number of nitrogens with one attached hydrogen (secondary N) is 1. The lowest BCUT2D eigenvalue weighted by atomic mass is 10.00. The molecule has 1 heterocycles. The van der Waals surface area contributed by atoms with Crippen molar-refractivity contribution in [1.82, 2.24) is 9.97 Å². The topological polar surface area (TPSA) is 149 Å². The molecule has 1 amide bonds. The lowest BCUT2D eigenvalue weighted by molar-refractivity contribution is -0.577. The third-order valence-corrected chi connectivity index (χ3v) is 3.91. The molecule has 0 spiro atoms. The number of aromatic nitrogens is 2. The van der Waals surface area contributed by atoms with Crippen LogP contribution in [0.1, 0.15) is 51.6 Å². The Morgan fingerprint density at radius 2 is 2.07 bits per heavy atom. The van der Waals surface area contributed by atoms with E-state index in [1.807, 2.05) is 0 Å². The van der Waals surface area contributed by atoms with Crippen LogP contribution >= 0.6 is 0 Å². The lowest BCUT2D eigenvalue weighted by Gasteiger charge is -2.11. The second kappa shape index (κ2) is 16.5. The minimum atomic E-state index is -1.51. The first-order chi connectivity index (χ1) is 13.4. The van der Waals surface area contributed by atoms with Gasteiger partial charge in [0, 0.05) is 23.9 Å². The van der Waals surface area contributed by atoms with E-state index in [1.54, 1.807) is 17.8 Å². The van der Waals surface area contributed by atoms with Gasteiger partial charge in [0.05, 0.1) is 25.4 Å². The van der Waals surface area contributed by atoms with Gasteiger partial charge in [-0.15, -0.1) is 0 Å². The van der Waals surface area contributed by atoms with Crippen molar-refractivity contribution in [2.45, 2.75) is 52.4 Å². The number of carboxylic acids is 2. The molecule has 4 N–H and O–H groups in total. The first kappa shape index (κ1) is 25.3. The van der Waals surface area contributed by atoms with Crippen molar-refractivity contribution in [2.75, 3.05) is 13.2 Å². The van der Waals surface area contributed by atoms with E-state index in [4.69, 9.17) is 9.84 Å². The van der Waals surface area contributed by atoms with E-state index in [1.165, 1.54) is 19.3 Å². The molecule has 1 rings (SSSR count). The van der Waals surface area contributed by atoms with E-state index >= 15 is 0 Å². The van der Waals surface area contributed by atoms with Crippen molar-refractivity contribution in [3.8, 4) is 0 Å². The number of aliphatic carboxylic acids is 2. The zero-order chi connectivity index (χ0) is 21.2. The normalized spacial score (nSPS) is 11.5. The largest absolute Gasteiger partial charge is 0.545 e. The number of aromatic amines is 1. The van der Waals surface area contributed by atoms with Crippen molar-refractivity contribution in [3.63, 3.8) is 0 Å². The highest BCUT2D eigenvalue weighted by molar-refractivity contribution is 5.88. The fourth-order valence-corrected chi connectivity index (χ4v) is 2.30. The van der Waals surface area contributed by atoms with Gasteiger partial charge < -0.3 is 24.7 Å². The summed E-state index contributed by atoms with van der Waals surface area (Å²) < 4.78 is 5.21. The van der Waals surface area contributed by atoms with Crippen molar-refractivity contribution >= 4 is 18.0 Å². The maximum atomic E-state index is 11.6. The van der Waals surface area contributed by atoms with Gasteiger partial charge in [0.25, 0.3) is 0 Å². The number of primary amides is 1. The standard InChI is InChI=1S/C15H27N3O2.C4H4O4/c1-3-5-7-13(4-2)10-17-15(19)20-9-6-8-14-11-16-12-18-14;5-3(6)1-2-4(7)8/h11-13H,3-10H2,1-2H3,(H,16,18)(H,17,19);1-2H,(H,5,6)(H,7,8)/b;2-1-. The number of hydrogen-bond acceptors (Lipinski definition) is 6. The maximum Gasteiger partial charge on any atom is 0.512 e. The average Bonchev–Trinajstić information content (AvgIpc) is 3.18. The van der Waals surface area contributed by atoms with Crippen molar-refractivity contribution in [2.24, 2.45) is 5.92 Å². The first-order valence-electron chi connectivity index (χ1n) is 9.48. The molecule has 158 valence electrons. The molecule has 0 bridgehead atoms. The predicted molar refractivity (Wildman–Crippen MR) is 100 cm³/mol. The van der Waals surface area contributed by atoms with Crippen LogP contribution in [0.3, 0.4) is 0 Å². The summed E-state index contributed by atoms with van der Waals surface area (Å²) in [6, 6.07) is 0. The minimum absolute atomic E-state index is 0.176. The molecule has 0 aliphatic carbocycles. The fourth-order valence-electron chi connectivity index (χ4n) is 2.30. The highest BCUT2D eigenvalue weighted by Crippen LogP contribution is 2.09. The van der Waals surface area contributed by atoms with Crippen LogP contribution in [0.15, 0.2) is 24.7 Å². The van der Waals surface area contributed by atoms with Gasteiger partial charge in [0.2, 0.25) is 0 Å². The summed E-state index contributed by atoms with van der Waals surface area (Å²) in [5.74, 6) is -2.19. The highest BCUT2D eigenvalue weighted by atomic mass is 16.5. The summed E-state index contributed by atoms with van der Waals surface area (Å²) >= 11 is 0. The molecular formula is C19H31N3O6. The smallest absolute Gasteiger partial charge is 0.512 e. The van der Waals surface area contributed by atoms with Crippen LogP contribution in [-0.4, -0.2) is 46.3 Å². The SMILES string of the molecule is CCCCC(CC)C[NH2+]C(=O)OCCCc1cnc[nH]1.O=C([O-])/C=C\C(=O)O. The van der Waals surface area contributed by atoms with Gasteiger partial charge in [-0.2, -0.15) is 4.79 Å². The number of H-pyrrole nitrogens is 1. The summed E-state index contributed by atoms with van der Waals surface area (Å²) in [6.45, 7) is 5.70. The molecule has 0 fully saturated rings. The van der Waals surface area contributed by atoms with Gasteiger partial charge in [-0.25, -0.2) is 15.1 Å². The summed E-state index contributed by atoms with van der Waals surface area (Å²) in [5.41, 5.74) is 1.08.